The smallest absolute Gasteiger partial charge is 0.264 e. The maximum absolute atomic E-state index is 12.7. The Bertz CT molecular complexity index is 484. The quantitative estimate of drug-likeness (QED) is 0.850. The Morgan fingerprint density at radius 3 is 2.75 bits per heavy atom. The molecular formula is C15H22N2OS2. The Hall–Kier alpha value is -0.940. The highest BCUT2D eigenvalue weighted by atomic mass is 32.1. The van der Waals surface area contributed by atoms with Gasteiger partial charge >= 0.3 is 0 Å². The van der Waals surface area contributed by atoms with Gasteiger partial charge in [-0.2, -0.15) is 0 Å². The lowest BCUT2D eigenvalue weighted by molar-refractivity contribution is 0.0716. The summed E-state index contributed by atoms with van der Waals surface area (Å²) in [5, 5.41) is 0. The molecule has 2 N–H and O–H groups in total. The van der Waals surface area contributed by atoms with Crippen LogP contribution in [0.15, 0.2) is 6.07 Å². The molecular weight excluding hydrogens is 288 g/mol. The van der Waals surface area contributed by atoms with Crippen molar-refractivity contribution in [2.45, 2.75) is 52.0 Å². The molecule has 0 aromatic carbocycles. The summed E-state index contributed by atoms with van der Waals surface area (Å²) in [6.07, 6.45) is 5.32. The average molecular weight is 310 g/mol. The van der Waals surface area contributed by atoms with Gasteiger partial charge in [0, 0.05) is 23.9 Å². The van der Waals surface area contributed by atoms with Crippen molar-refractivity contribution >= 4 is 34.5 Å². The van der Waals surface area contributed by atoms with E-state index in [1.807, 2.05) is 18.7 Å². The molecule has 1 aliphatic rings. The molecule has 1 aliphatic carbocycles. The minimum atomic E-state index is 0.121. The largest absolute Gasteiger partial charge is 0.393 e. The lowest BCUT2D eigenvalue weighted by Gasteiger charge is -2.26. The number of nitrogens with zero attached hydrogens (tertiary/aromatic N) is 1. The first kappa shape index (κ1) is 15.4. The number of thiocarbonyl (C=S) groups is 1. The fraction of sp³-hybridized carbons (Fsp3) is 0.600. The van der Waals surface area contributed by atoms with Gasteiger partial charge in [-0.25, -0.2) is 0 Å². The van der Waals surface area contributed by atoms with E-state index in [-0.39, 0.29) is 11.9 Å². The second kappa shape index (κ2) is 6.68. The minimum absolute atomic E-state index is 0.121. The third kappa shape index (κ3) is 3.58. The first-order valence-electron chi connectivity index (χ1n) is 7.20. The second-order valence-corrected chi connectivity index (χ2v) is 7.24. The summed E-state index contributed by atoms with van der Waals surface area (Å²) in [6, 6.07) is 2.26. The SMILES string of the molecule is CC(C)N(CCC(N)=S)C(=O)c1cc2c(s1)CCCC2. The molecule has 0 fully saturated rings. The van der Waals surface area contributed by atoms with Gasteiger partial charge in [0.05, 0.1) is 9.87 Å². The first-order chi connectivity index (χ1) is 9.49. The molecule has 0 saturated carbocycles. The summed E-state index contributed by atoms with van der Waals surface area (Å²) in [5.41, 5.74) is 6.93. The molecule has 0 bridgehead atoms. The van der Waals surface area contributed by atoms with E-state index < -0.39 is 0 Å². The molecule has 0 atom stereocenters. The summed E-state index contributed by atoms with van der Waals surface area (Å²) in [6.45, 7) is 4.67. The van der Waals surface area contributed by atoms with E-state index in [0.29, 0.717) is 18.0 Å². The first-order valence-corrected chi connectivity index (χ1v) is 8.42. The molecule has 5 heteroatoms. The Kier molecular flexibility index (Phi) is 5.16. The number of hydrogen-bond donors (Lipinski definition) is 1. The van der Waals surface area contributed by atoms with Gasteiger partial charge in [-0.1, -0.05) is 12.2 Å². The van der Waals surface area contributed by atoms with Crippen LogP contribution in [0.5, 0.6) is 0 Å². The lowest BCUT2D eigenvalue weighted by Crippen LogP contribution is -2.38. The molecule has 110 valence electrons. The number of carbonyl (C=O) groups is 1. The summed E-state index contributed by atoms with van der Waals surface area (Å²) >= 11 is 6.58. The topological polar surface area (TPSA) is 46.3 Å². The number of hydrogen-bond acceptors (Lipinski definition) is 3. The highest BCUT2D eigenvalue weighted by Gasteiger charge is 2.23. The zero-order chi connectivity index (χ0) is 14.7. The minimum Gasteiger partial charge on any atom is -0.393 e. The van der Waals surface area contributed by atoms with Crippen LogP contribution in [0.2, 0.25) is 0 Å². The molecule has 0 aliphatic heterocycles. The molecule has 0 radical (unpaired) electrons. The van der Waals surface area contributed by atoms with E-state index in [1.165, 1.54) is 23.3 Å². The molecule has 0 saturated heterocycles. The van der Waals surface area contributed by atoms with Crippen LogP contribution < -0.4 is 5.73 Å². The van der Waals surface area contributed by atoms with E-state index in [0.717, 1.165) is 17.7 Å². The van der Waals surface area contributed by atoms with Crippen molar-refractivity contribution < 1.29 is 4.79 Å². The summed E-state index contributed by atoms with van der Waals surface area (Å²) in [7, 11) is 0. The van der Waals surface area contributed by atoms with E-state index in [2.05, 4.69) is 6.07 Å². The molecule has 0 spiro atoms. The van der Waals surface area contributed by atoms with E-state index in [1.54, 1.807) is 11.3 Å². The molecule has 0 unspecified atom stereocenters. The Morgan fingerprint density at radius 2 is 2.15 bits per heavy atom. The van der Waals surface area contributed by atoms with Gasteiger partial charge in [0.15, 0.2) is 0 Å². The molecule has 1 aromatic heterocycles. The normalized spacial score (nSPS) is 14.2. The Labute approximate surface area is 130 Å². The second-order valence-electron chi connectivity index (χ2n) is 5.57. The third-order valence-electron chi connectivity index (χ3n) is 3.69. The average Bonchev–Trinajstić information content (AvgIpc) is 2.81. The zero-order valence-corrected chi connectivity index (χ0v) is 13.8. The number of carbonyl (C=O) groups excluding carboxylic acids is 1. The van der Waals surface area contributed by atoms with Gasteiger partial charge in [0.2, 0.25) is 0 Å². The van der Waals surface area contributed by atoms with Gasteiger partial charge in [-0.15, -0.1) is 11.3 Å². The van der Waals surface area contributed by atoms with Gasteiger partial charge in [0.1, 0.15) is 0 Å². The van der Waals surface area contributed by atoms with Gasteiger partial charge in [-0.3, -0.25) is 4.79 Å². The number of amides is 1. The van der Waals surface area contributed by atoms with Crippen LogP contribution in [-0.2, 0) is 12.8 Å². The van der Waals surface area contributed by atoms with Crippen molar-refractivity contribution in [3.05, 3.63) is 21.4 Å². The highest BCUT2D eigenvalue weighted by Crippen LogP contribution is 2.30. The molecule has 2 rings (SSSR count). The van der Waals surface area contributed by atoms with Crippen molar-refractivity contribution in [1.82, 2.24) is 4.90 Å². The zero-order valence-electron chi connectivity index (χ0n) is 12.1. The van der Waals surface area contributed by atoms with E-state index in [9.17, 15) is 4.79 Å². The van der Waals surface area contributed by atoms with Gasteiger partial charge < -0.3 is 10.6 Å². The van der Waals surface area contributed by atoms with Crippen LogP contribution in [0, 0.1) is 0 Å². The summed E-state index contributed by atoms with van der Waals surface area (Å²) < 4.78 is 0. The molecule has 3 nitrogen and oxygen atoms in total. The molecule has 1 aromatic rings. The highest BCUT2D eigenvalue weighted by molar-refractivity contribution is 7.80. The van der Waals surface area contributed by atoms with Crippen molar-refractivity contribution in [2.24, 2.45) is 5.73 Å². The molecule has 20 heavy (non-hydrogen) atoms. The van der Waals surface area contributed by atoms with Crippen LogP contribution in [0.4, 0.5) is 0 Å². The van der Waals surface area contributed by atoms with Gasteiger partial charge in [0.25, 0.3) is 5.91 Å². The lowest BCUT2D eigenvalue weighted by atomic mass is 9.99. The fourth-order valence-corrected chi connectivity index (χ4v) is 3.86. The van der Waals surface area contributed by atoms with Gasteiger partial charge in [-0.05, 0) is 51.2 Å². The van der Waals surface area contributed by atoms with Crippen LogP contribution in [0.3, 0.4) is 0 Å². The van der Waals surface area contributed by atoms with Crippen molar-refractivity contribution in [3.63, 3.8) is 0 Å². The standard InChI is InChI=1S/C15H22N2OS2/c1-10(2)17(8-7-14(16)19)15(18)13-9-11-5-3-4-6-12(11)20-13/h9-10H,3-8H2,1-2H3,(H2,16,19). The van der Waals surface area contributed by atoms with E-state index >= 15 is 0 Å². The van der Waals surface area contributed by atoms with Crippen LogP contribution in [0.1, 0.15) is 53.2 Å². The predicted molar refractivity (Wildman–Crippen MR) is 88.5 cm³/mol. The number of fused-ring (bicyclic) bond motifs is 1. The summed E-state index contributed by atoms with van der Waals surface area (Å²) in [4.78, 5) is 17.3. The molecule has 1 heterocycles. The van der Waals surface area contributed by atoms with Crippen molar-refractivity contribution in [2.75, 3.05) is 6.54 Å². The summed E-state index contributed by atoms with van der Waals surface area (Å²) in [5.74, 6) is 0.121. The van der Waals surface area contributed by atoms with Crippen LogP contribution in [-0.4, -0.2) is 28.4 Å². The number of thiophene rings is 1. The third-order valence-corrected chi connectivity index (χ3v) is 5.12. The maximum atomic E-state index is 12.7. The van der Waals surface area contributed by atoms with Crippen LogP contribution in [0.25, 0.3) is 0 Å². The fourth-order valence-electron chi connectivity index (χ4n) is 2.56. The Balaban J connectivity index is 2.14. The van der Waals surface area contributed by atoms with Crippen LogP contribution >= 0.6 is 23.6 Å². The predicted octanol–water partition coefficient (Wildman–Crippen LogP) is 3.15. The number of aryl methyl sites for hydroxylation is 2. The van der Waals surface area contributed by atoms with Crippen molar-refractivity contribution in [3.8, 4) is 0 Å². The molecule has 1 amide bonds. The number of nitrogens with two attached hydrogens (primary N) is 1. The Morgan fingerprint density at radius 1 is 1.45 bits per heavy atom. The monoisotopic (exact) mass is 310 g/mol. The van der Waals surface area contributed by atoms with Crippen molar-refractivity contribution in [1.29, 1.82) is 0 Å². The van der Waals surface area contributed by atoms with E-state index in [4.69, 9.17) is 18.0 Å². The maximum Gasteiger partial charge on any atom is 0.264 e. The number of rotatable bonds is 5.